The van der Waals surface area contributed by atoms with Crippen molar-refractivity contribution in [3.63, 3.8) is 0 Å². The molecule has 0 spiro atoms. The molecule has 0 aromatic carbocycles. The fourth-order valence-electron chi connectivity index (χ4n) is 2.64. The normalized spacial score (nSPS) is 19.4. The Bertz CT molecular complexity index is 463. The van der Waals surface area contributed by atoms with E-state index in [2.05, 4.69) is 35.1 Å². The molecule has 0 amide bonds. The largest absolute Gasteiger partial charge is 0.392 e. The molecule has 2 heterocycles. The second kappa shape index (κ2) is 6.41. The van der Waals surface area contributed by atoms with Gasteiger partial charge in [0.05, 0.1) is 16.3 Å². The molecule has 1 aromatic rings. The summed E-state index contributed by atoms with van der Waals surface area (Å²) in [5.41, 5.74) is 5.92. The first-order chi connectivity index (χ1) is 9.48. The van der Waals surface area contributed by atoms with Crippen molar-refractivity contribution in [1.82, 2.24) is 19.7 Å². The van der Waals surface area contributed by atoms with Gasteiger partial charge < -0.3 is 5.73 Å². The van der Waals surface area contributed by atoms with Crippen LogP contribution in [-0.2, 0) is 6.54 Å². The number of thioether (sulfide) groups is 1. The van der Waals surface area contributed by atoms with Crippen LogP contribution in [-0.4, -0.2) is 48.7 Å². The van der Waals surface area contributed by atoms with E-state index in [0.717, 1.165) is 38.3 Å². The standard InChI is InChI=1S/C13H23N5S2/c1-10(2)18-11(15-9-16-18)8-17-6-4-13(20-3,5-7-17)12(14)19/h9-10H,4-8H2,1-3H3,(H2,14,19). The van der Waals surface area contributed by atoms with Crippen LogP contribution in [0.3, 0.4) is 0 Å². The van der Waals surface area contributed by atoms with Gasteiger partial charge in [0.2, 0.25) is 0 Å². The van der Waals surface area contributed by atoms with Crippen molar-refractivity contribution in [2.24, 2.45) is 5.73 Å². The lowest BCUT2D eigenvalue weighted by atomic mass is 9.95. The molecule has 1 aliphatic heterocycles. The summed E-state index contributed by atoms with van der Waals surface area (Å²) < 4.78 is 1.97. The summed E-state index contributed by atoms with van der Waals surface area (Å²) in [4.78, 5) is 7.44. The number of likely N-dealkylation sites (tertiary alicyclic amines) is 1. The van der Waals surface area contributed by atoms with Gasteiger partial charge in [0.25, 0.3) is 0 Å². The summed E-state index contributed by atoms with van der Waals surface area (Å²) in [6, 6.07) is 0.346. The Labute approximate surface area is 130 Å². The quantitative estimate of drug-likeness (QED) is 0.837. The molecule has 0 atom stereocenters. The molecular weight excluding hydrogens is 290 g/mol. The molecule has 112 valence electrons. The summed E-state index contributed by atoms with van der Waals surface area (Å²) in [7, 11) is 0. The van der Waals surface area contributed by atoms with Crippen LogP contribution in [0.15, 0.2) is 6.33 Å². The highest BCUT2D eigenvalue weighted by Gasteiger charge is 2.36. The molecule has 5 nitrogen and oxygen atoms in total. The van der Waals surface area contributed by atoms with Gasteiger partial charge in [0.15, 0.2) is 0 Å². The third-order valence-electron chi connectivity index (χ3n) is 4.00. The number of hydrogen-bond donors (Lipinski definition) is 1. The molecule has 7 heteroatoms. The number of nitrogens with two attached hydrogens (primary N) is 1. The fraction of sp³-hybridized carbons (Fsp3) is 0.769. The summed E-state index contributed by atoms with van der Waals surface area (Å²) >= 11 is 7.04. The first-order valence-corrected chi connectivity index (χ1v) is 8.57. The van der Waals surface area contributed by atoms with Crippen molar-refractivity contribution in [2.45, 2.75) is 44.0 Å². The first kappa shape index (κ1) is 15.7. The Kier molecular flexibility index (Phi) is 5.04. The van der Waals surface area contributed by atoms with Crippen molar-refractivity contribution in [3.05, 3.63) is 12.2 Å². The minimum atomic E-state index is -0.0163. The molecule has 0 radical (unpaired) electrons. The van der Waals surface area contributed by atoms with Gasteiger partial charge in [0, 0.05) is 19.1 Å². The Morgan fingerprint density at radius 3 is 2.65 bits per heavy atom. The minimum Gasteiger partial charge on any atom is -0.392 e. The van der Waals surface area contributed by atoms with Gasteiger partial charge in [-0.15, -0.1) is 0 Å². The van der Waals surface area contributed by atoms with Crippen LogP contribution in [0.2, 0.25) is 0 Å². The molecule has 0 unspecified atom stereocenters. The maximum Gasteiger partial charge on any atom is 0.141 e. The van der Waals surface area contributed by atoms with E-state index in [9.17, 15) is 0 Å². The molecule has 1 aromatic heterocycles. The third kappa shape index (κ3) is 3.15. The van der Waals surface area contributed by atoms with E-state index < -0.39 is 0 Å². The monoisotopic (exact) mass is 313 g/mol. The van der Waals surface area contributed by atoms with E-state index in [1.54, 1.807) is 18.1 Å². The van der Waals surface area contributed by atoms with Crippen molar-refractivity contribution in [2.75, 3.05) is 19.3 Å². The van der Waals surface area contributed by atoms with Crippen LogP contribution in [0.1, 0.15) is 38.6 Å². The molecule has 2 rings (SSSR count). The van der Waals surface area contributed by atoms with Crippen molar-refractivity contribution in [1.29, 1.82) is 0 Å². The molecular formula is C13H23N5S2. The molecule has 1 fully saturated rings. The highest BCUT2D eigenvalue weighted by Crippen LogP contribution is 2.35. The van der Waals surface area contributed by atoms with Crippen molar-refractivity contribution >= 4 is 29.0 Å². The van der Waals surface area contributed by atoms with E-state index in [-0.39, 0.29) is 4.75 Å². The predicted molar refractivity (Wildman–Crippen MR) is 87.9 cm³/mol. The van der Waals surface area contributed by atoms with Crippen LogP contribution in [0.5, 0.6) is 0 Å². The van der Waals surface area contributed by atoms with Crippen LogP contribution < -0.4 is 5.73 Å². The zero-order valence-electron chi connectivity index (χ0n) is 12.4. The maximum atomic E-state index is 5.92. The summed E-state index contributed by atoms with van der Waals surface area (Å²) in [5, 5.41) is 4.29. The molecule has 1 saturated heterocycles. The van der Waals surface area contributed by atoms with Crippen molar-refractivity contribution < 1.29 is 0 Å². The van der Waals surface area contributed by atoms with Crippen LogP contribution in [0, 0.1) is 0 Å². The predicted octanol–water partition coefficient (Wildman–Crippen LogP) is 1.84. The fourth-order valence-corrected chi connectivity index (χ4v) is 3.89. The van der Waals surface area contributed by atoms with Gasteiger partial charge in [-0.3, -0.25) is 4.90 Å². The summed E-state index contributed by atoms with van der Waals surface area (Å²) in [5.74, 6) is 1.03. The van der Waals surface area contributed by atoms with Gasteiger partial charge in [-0.05, 0) is 32.9 Å². The van der Waals surface area contributed by atoms with E-state index in [0.29, 0.717) is 11.0 Å². The second-order valence-corrected chi connectivity index (χ2v) is 7.18. The molecule has 0 aliphatic carbocycles. The molecule has 20 heavy (non-hydrogen) atoms. The Morgan fingerprint density at radius 1 is 1.50 bits per heavy atom. The summed E-state index contributed by atoms with van der Waals surface area (Å²) in [6.07, 6.45) is 5.77. The van der Waals surface area contributed by atoms with Crippen LogP contribution in [0.4, 0.5) is 0 Å². The zero-order valence-corrected chi connectivity index (χ0v) is 14.0. The van der Waals surface area contributed by atoms with Crippen LogP contribution in [0.25, 0.3) is 0 Å². The highest BCUT2D eigenvalue weighted by molar-refractivity contribution is 8.02. The number of hydrogen-bond acceptors (Lipinski definition) is 5. The Hall–Kier alpha value is -0.660. The number of nitrogens with zero attached hydrogens (tertiary/aromatic N) is 4. The van der Waals surface area contributed by atoms with Gasteiger partial charge in [0.1, 0.15) is 12.2 Å². The lowest BCUT2D eigenvalue weighted by molar-refractivity contribution is 0.203. The van der Waals surface area contributed by atoms with Crippen molar-refractivity contribution in [3.8, 4) is 0 Å². The topological polar surface area (TPSA) is 60.0 Å². The Balaban J connectivity index is 1.98. The van der Waals surface area contributed by atoms with E-state index in [1.807, 2.05) is 4.68 Å². The number of piperidine rings is 1. The number of rotatable bonds is 5. The zero-order chi connectivity index (χ0) is 14.8. The van der Waals surface area contributed by atoms with Gasteiger partial charge in [-0.1, -0.05) is 12.2 Å². The Morgan fingerprint density at radius 2 is 2.15 bits per heavy atom. The average molecular weight is 313 g/mol. The maximum absolute atomic E-state index is 5.92. The molecule has 0 bridgehead atoms. The lowest BCUT2D eigenvalue weighted by Crippen LogP contribution is -2.49. The first-order valence-electron chi connectivity index (χ1n) is 6.94. The molecule has 2 N–H and O–H groups in total. The number of aromatic nitrogens is 3. The SMILES string of the molecule is CSC1(C(N)=S)CCN(Cc2ncnn2C(C)C)CC1. The highest BCUT2D eigenvalue weighted by atomic mass is 32.2. The van der Waals surface area contributed by atoms with E-state index in [4.69, 9.17) is 18.0 Å². The van der Waals surface area contributed by atoms with Crippen LogP contribution >= 0.6 is 24.0 Å². The van der Waals surface area contributed by atoms with Gasteiger partial charge in [-0.25, -0.2) is 9.67 Å². The number of thiocarbonyl (C=S) groups is 1. The van der Waals surface area contributed by atoms with E-state index >= 15 is 0 Å². The minimum absolute atomic E-state index is 0.0163. The van der Waals surface area contributed by atoms with E-state index in [1.165, 1.54) is 0 Å². The van der Waals surface area contributed by atoms with Gasteiger partial charge >= 0.3 is 0 Å². The average Bonchev–Trinajstić information content (AvgIpc) is 2.88. The smallest absolute Gasteiger partial charge is 0.141 e. The third-order valence-corrected chi connectivity index (χ3v) is 5.93. The van der Waals surface area contributed by atoms with Gasteiger partial charge in [-0.2, -0.15) is 16.9 Å². The summed E-state index contributed by atoms with van der Waals surface area (Å²) in [6.45, 7) is 7.10. The molecule has 1 aliphatic rings. The lowest BCUT2D eigenvalue weighted by Gasteiger charge is -2.39. The molecule has 0 saturated carbocycles. The second-order valence-electron chi connectivity index (χ2n) is 5.55.